The van der Waals surface area contributed by atoms with Crippen LogP contribution in [0.1, 0.15) is 10.4 Å². The molecule has 1 aromatic heterocycles. The van der Waals surface area contributed by atoms with Crippen LogP contribution < -0.4 is 10.6 Å². The number of nitrogens with zero attached hydrogens (tertiary/aromatic N) is 1. The number of carbonyl (C=O) groups is 1. The van der Waals surface area contributed by atoms with Gasteiger partial charge in [0.2, 0.25) is 5.95 Å². The van der Waals surface area contributed by atoms with Crippen molar-refractivity contribution >= 4 is 28.6 Å². The Hall–Kier alpha value is -2.89. The lowest BCUT2D eigenvalue weighted by Crippen LogP contribution is -2.15. The minimum atomic E-state index is -0.477. The number of hydrogen-bond acceptors (Lipinski definition) is 3. The van der Waals surface area contributed by atoms with Crippen molar-refractivity contribution in [2.24, 2.45) is 0 Å². The molecule has 3 N–H and O–H groups in total. The van der Waals surface area contributed by atoms with Crippen molar-refractivity contribution in [2.45, 2.75) is 0 Å². The Bertz CT molecular complexity index is 779. The van der Waals surface area contributed by atoms with E-state index in [0.29, 0.717) is 5.95 Å². The summed E-state index contributed by atoms with van der Waals surface area (Å²) in [5.74, 6) is -0.583. The molecule has 0 bridgehead atoms. The van der Waals surface area contributed by atoms with Gasteiger partial charge in [0, 0.05) is 7.05 Å². The largest absolute Gasteiger partial charge is 0.385 e. The molecule has 2 aromatic carbocycles. The zero-order valence-corrected chi connectivity index (χ0v) is 11.3. The van der Waals surface area contributed by atoms with Gasteiger partial charge in [-0.1, -0.05) is 18.2 Å². The molecule has 0 spiro atoms. The van der Waals surface area contributed by atoms with Gasteiger partial charge in [-0.3, -0.25) is 10.1 Å². The van der Waals surface area contributed by atoms with Crippen LogP contribution in [0.4, 0.5) is 16.0 Å². The summed E-state index contributed by atoms with van der Waals surface area (Å²) in [5, 5.41) is 5.33. The van der Waals surface area contributed by atoms with E-state index in [4.69, 9.17) is 0 Å². The van der Waals surface area contributed by atoms with Crippen molar-refractivity contribution in [3.05, 3.63) is 53.8 Å². The van der Waals surface area contributed by atoms with Gasteiger partial charge >= 0.3 is 0 Å². The zero-order valence-electron chi connectivity index (χ0n) is 11.3. The smallest absolute Gasteiger partial charge is 0.260 e. The molecule has 5 nitrogen and oxygen atoms in total. The number of carbonyl (C=O) groups excluding carboxylic acids is 1. The van der Waals surface area contributed by atoms with Crippen LogP contribution in [0.5, 0.6) is 0 Å². The van der Waals surface area contributed by atoms with Crippen LogP contribution in [-0.4, -0.2) is 22.9 Å². The van der Waals surface area contributed by atoms with Crippen LogP contribution in [0.3, 0.4) is 0 Å². The fourth-order valence-corrected chi connectivity index (χ4v) is 2.15. The van der Waals surface area contributed by atoms with E-state index in [0.717, 1.165) is 11.0 Å². The first-order chi connectivity index (χ1) is 10.2. The topological polar surface area (TPSA) is 69.8 Å². The van der Waals surface area contributed by atoms with Crippen molar-refractivity contribution in [2.75, 3.05) is 17.7 Å². The Morgan fingerprint density at radius 2 is 2.00 bits per heavy atom. The van der Waals surface area contributed by atoms with Gasteiger partial charge in [0.1, 0.15) is 5.82 Å². The number of aromatic nitrogens is 2. The van der Waals surface area contributed by atoms with Crippen molar-refractivity contribution < 1.29 is 9.18 Å². The first-order valence-electron chi connectivity index (χ1n) is 6.41. The Balaban J connectivity index is 1.91. The lowest BCUT2D eigenvalue weighted by Gasteiger charge is -2.09. The third-order valence-electron chi connectivity index (χ3n) is 3.13. The quantitative estimate of drug-likeness (QED) is 0.692. The van der Waals surface area contributed by atoms with Gasteiger partial charge in [0.15, 0.2) is 0 Å². The second-order valence-electron chi connectivity index (χ2n) is 4.47. The summed E-state index contributed by atoms with van der Waals surface area (Å²) in [6.45, 7) is 0. The summed E-state index contributed by atoms with van der Waals surface area (Å²) in [7, 11) is 1.57. The number of halogens is 1. The number of amides is 1. The van der Waals surface area contributed by atoms with Crippen LogP contribution in [0.2, 0.25) is 0 Å². The van der Waals surface area contributed by atoms with Crippen molar-refractivity contribution in [1.82, 2.24) is 9.97 Å². The molecule has 0 atom stereocenters. The first-order valence-corrected chi connectivity index (χ1v) is 6.41. The minimum absolute atomic E-state index is 0.158. The lowest BCUT2D eigenvalue weighted by atomic mass is 10.1. The summed E-state index contributed by atoms with van der Waals surface area (Å²) in [6.07, 6.45) is 0. The molecule has 21 heavy (non-hydrogen) atoms. The van der Waals surface area contributed by atoms with E-state index in [1.165, 1.54) is 12.1 Å². The van der Waals surface area contributed by atoms with E-state index in [1.54, 1.807) is 13.1 Å². The third-order valence-corrected chi connectivity index (χ3v) is 3.13. The zero-order chi connectivity index (χ0) is 14.8. The molecule has 6 heteroatoms. The normalized spacial score (nSPS) is 10.6. The molecule has 1 heterocycles. The number of fused-ring (bicyclic) bond motifs is 1. The van der Waals surface area contributed by atoms with E-state index in [2.05, 4.69) is 20.6 Å². The van der Waals surface area contributed by atoms with E-state index in [9.17, 15) is 9.18 Å². The Kier molecular flexibility index (Phi) is 3.27. The fraction of sp³-hybridized carbons (Fsp3) is 0.0667. The van der Waals surface area contributed by atoms with Gasteiger partial charge in [-0.2, -0.15) is 0 Å². The average molecular weight is 284 g/mol. The van der Waals surface area contributed by atoms with Crippen LogP contribution >= 0.6 is 0 Å². The molecule has 0 radical (unpaired) electrons. The number of rotatable bonds is 3. The summed E-state index contributed by atoms with van der Waals surface area (Å²) in [6, 6.07) is 11.8. The lowest BCUT2D eigenvalue weighted by molar-refractivity contribution is 0.102. The maximum absolute atomic E-state index is 13.7. The van der Waals surface area contributed by atoms with Gasteiger partial charge < -0.3 is 10.3 Å². The van der Waals surface area contributed by atoms with Gasteiger partial charge in [-0.25, -0.2) is 9.37 Å². The molecule has 0 saturated carbocycles. The van der Waals surface area contributed by atoms with Gasteiger partial charge in [-0.15, -0.1) is 0 Å². The van der Waals surface area contributed by atoms with E-state index >= 15 is 0 Å². The highest BCUT2D eigenvalue weighted by molar-refractivity contribution is 6.07. The molecule has 0 aliphatic rings. The summed E-state index contributed by atoms with van der Waals surface area (Å²) in [4.78, 5) is 19.5. The van der Waals surface area contributed by atoms with Gasteiger partial charge in [-0.05, 0) is 24.3 Å². The van der Waals surface area contributed by atoms with Crippen molar-refractivity contribution in [3.63, 3.8) is 0 Å². The number of benzene rings is 2. The summed E-state index contributed by atoms with van der Waals surface area (Å²) in [5.41, 5.74) is 1.95. The Morgan fingerprint density at radius 3 is 2.76 bits per heavy atom. The van der Waals surface area contributed by atoms with E-state index in [-0.39, 0.29) is 11.3 Å². The van der Waals surface area contributed by atoms with Crippen molar-refractivity contribution in [1.29, 1.82) is 0 Å². The van der Waals surface area contributed by atoms with Crippen LogP contribution in [0.25, 0.3) is 11.0 Å². The molecular weight excluding hydrogens is 271 g/mol. The molecule has 0 saturated heterocycles. The van der Waals surface area contributed by atoms with E-state index in [1.807, 2.05) is 24.3 Å². The average Bonchev–Trinajstić information content (AvgIpc) is 2.89. The molecule has 0 aliphatic carbocycles. The molecule has 0 unspecified atom stereocenters. The first kappa shape index (κ1) is 13.1. The molecular formula is C15H13FN4O. The molecule has 3 aromatic rings. The van der Waals surface area contributed by atoms with Crippen LogP contribution in [0.15, 0.2) is 42.5 Å². The molecule has 106 valence electrons. The highest BCUT2D eigenvalue weighted by Gasteiger charge is 2.15. The molecule has 3 rings (SSSR count). The van der Waals surface area contributed by atoms with Crippen molar-refractivity contribution in [3.8, 4) is 0 Å². The summed E-state index contributed by atoms with van der Waals surface area (Å²) < 4.78 is 13.7. The van der Waals surface area contributed by atoms with Crippen LogP contribution in [-0.2, 0) is 0 Å². The Morgan fingerprint density at radius 1 is 1.19 bits per heavy atom. The number of nitrogens with one attached hydrogen (secondary N) is 3. The number of aromatic amines is 1. The standard InChI is InChI=1S/C15H13FN4O/c1-17-13-9(5-4-6-10(13)16)14(21)20-15-18-11-7-2-3-8-12(11)19-15/h2-8,17H,1H3,(H2,18,19,20,21). The molecule has 1 amide bonds. The second-order valence-corrected chi connectivity index (χ2v) is 4.47. The molecule has 0 aliphatic heterocycles. The minimum Gasteiger partial charge on any atom is -0.385 e. The number of imidazole rings is 1. The van der Waals surface area contributed by atoms with E-state index < -0.39 is 11.7 Å². The third kappa shape index (κ3) is 2.43. The highest BCUT2D eigenvalue weighted by Crippen LogP contribution is 2.21. The fourth-order valence-electron chi connectivity index (χ4n) is 2.15. The number of hydrogen-bond donors (Lipinski definition) is 3. The predicted molar refractivity (Wildman–Crippen MR) is 80.0 cm³/mol. The van der Waals surface area contributed by atoms with Crippen LogP contribution in [0, 0.1) is 5.82 Å². The van der Waals surface area contributed by atoms with Gasteiger partial charge in [0.25, 0.3) is 5.91 Å². The number of anilines is 2. The van der Waals surface area contributed by atoms with Gasteiger partial charge in [0.05, 0.1) is 22.3 Å². The SMILES string of the molecule is CNc1c(F)cccc1C(=O)Nc1nc2ccccc2[nH]1. The molecule has 0 fully saturated rings. The number of para-hydroxylation sites is 3. The highest BCUT2D eigenvalue weighted by atomic mass is 19.1. The predicted octanol–water partition coefficient (Wildman–Crippen LogP) is 3.00. The maximum atomic E-state index is 13.7. The number of H-pyrrole nitrogens is 1. The summed E-state index contributed by atoms with van der Waals surface area (Å²) >= 11 is 0. The maximum Gasteiger partial charge on any atom is 0.260 e. The monoisotopic (exact) mass is 284 g/mol. The Labute approximate surface area is 120 Å². The second kappa shape index (κ2) is 5.24.